The minimum Gasteiger partial charge on any atom is -0.481 e. The standard InChI is InChI=1S/C17H22N4O4/c1-10(2)21-16-14(8-18-21)13(6-11(3)19-16)17(24)20-4-5-25-12(9-20)7-15(22)23/h6,8,10,12H,4-5,7,9H2,1-3H3,(H,22,23). The van der Waals surface area contributed by atoms with Crippen LogP contribution in [0.3, 0.4) is 0 Å². The molecule has 1 aliphatic heterocycles. The van der Waals surface area contributed by atoms with E-state index < -0.39 is 12.1 Å². The van der Waals surface area contributed by atoms with Crippen LogP contribution in [0.1, 0.15) is 42.4 Å². The molecule has 1 N–H and O–H groups in total. The van der Waals surface area contributed by atoms with E-state index in [0.29, 0.717) is 29.7 Å². The summed E-state index contributed by atoms with van der Waals surface area (Å²) in [6, 6.07) is 1.90. The van der Waals surface area contributed by atoms with Crippen LogP contribution in [0.2, 0.25) is 0 Å². The van der Waals surface area contributed by atoms with Crippen molar-refractivity contribution in [2.24, 2.45) is 0 Å². The number of carbonyl (C=O) groups is 2. The van der Waals surface area contributed by atoms with Gasteiger partial charge in [0.2, 0.25) is 0 Å². The molecule has 0 aromatic carbocycles. The fourth-order valence-electron chi connectivity index (χ4n) is 3.09. The first-order valence-corrected chi connectivity index (χ1v) is 8.34. The predicted octanol–water partition coefficient (Wildman–Crippen LogP) is 1.64. The van der Waals surface area contributed by atoms with Gasteiger partial charge in [-0.05, 0) is 26.8 Å². The van der Waals surface area contributed by atoms with Crippen molar-refractivity contribution < 1.29 is 19.4 Å². The second-order valence-corrected chi connectivity index (χ2v) is 6.57. The molecule has 1 aliphatic rings. The molecule has 0 bridgehead atoms. The lowest BCUT2D eigenvalue weighted by Crippen LogP contribution is -2.46. The zero-order valence-corrected chi connectivity index (χ0v) is 14.6. The van der Waals surface area contributed by atoms with Crippen LogP contribution in [0.4, 0.5) is 0 Å². The molecule has 3 heterocycles. The normalized spacial score (nSPS) is 18.1. The van der Waals surface area contributed by atoms with Crippen LogP contribution < -0.4 is 0 Å². The maximum atomic E-state index is 13.0. The minimum atomic E-state index is -0.931. The molecule has 0 saturated carbocycles. The summed E-state index contributed by atoms with van der Waals surface area (Å²) in [6.07, 6.45) is 1.08. The van der Waals surface area contributed by atoms with Crippen LogP contribution >= 0.6 is 0 Å². The highest BCUT2D eigenvalue weighted by molar-refractivity contribution is 6.05. The molecule has 0 radical (unpaired) electrons. The number of ether oxygens (including phenoxy) is 1. The van der Waals surface area contributed by atoms with Crippen molar-refractivity contribution in [1.82, 2.24) is 19.7 Å². The van der Waals surface area contributed by atoms with Crippen LogP contribution in [-0.2, 0) is 9.53 Å². The Morgan fingerprint density at radius 3 is 2.88 bits per heavy atom. The molecule has 8 nitrogen and oxygen atoms in total. The number of aryl methyl sites for hydroxylation is 1. The van der Waals surface area contributed by atoms with Crippen molar-refractivity contribution in [3.05, 3.63) is 23.5 Å². The van der Waals surface area contributed by atoms with Crippen LogP contribution in [0.5, 0.6) is 0 Å². The molecule has 25 heavy (non-hydrogen) atoms. The number of carboxylic acids is 1. The SMILES string of the molecule is Cc1cc(C(=O)N2CCOC(CC(=O)O)C2)c2cnn(C(C)C)c2n1. The zero-order valence-electron chi connectivity index (χ0n) is 14.6. The van der Waals surface area contributed by atoms with Crippen LogP contribution in [0, 0.1) is 6.92 Å². The maximum absolute atomic E-state index is 13.0. The average molecular weight is 346 g/mol. The molecule has 0 aliphatic carbocycles. The molecule has 2 aromatic heterocycles. The Kier molecular flexibility index (Phi) is 4.71. The summed E-state index contributed by atoms with van der Waals surface area (Å²) in [5, 5.41) is 14.0. The fourth-order valence-corrected chi connectivity index (χ4v) is 3.09. The van der Waals surface area contributed by atoms with E-state index in [1.165, 1.54) is 0 Å². The van der Waals surface area contributed by atoms with Gasteiger partial charge in [0, 0.05) is 24.8 Å². The van der Waals surface area contributed by atoms with Gasteiger partial charge in [-0.1, -0.05) is 0 Å². The molecule has 1 amide bonds. The van der Waals surface area contributed by atoms with E-state index in [1.807, 2.05) is 20.8 Å². The van der Waals surface area contributed by atoms with Crippen molar-refractivity contribution >= 4 is 22.9 Å². The van der Waals surface area contributed by atoms with Crippen molar-refractivity contribution in [3.63, 3.8) is 0 Å². The number of aliphatic carboxylic acids is 1. The molecular weight excluding hydrogens is 324 g/mol. The van der Waals surface area contributed by atoms with Gasteiger partial charge in [0.25, 0.3) is 5.91 Å². The van der Waals surface area contributed by atoms with E-state index in [1.54, 1.807) is 21.8 Å². The van der Waals surface area contributed by atoms with E-state index in [-0.39, 0.29) is 24.9 Å². The molecule has 1 atom stereocenters. The summed E-state index contributed by atoms with van der Waals surface area (Å²) < 4.78 is 7.25. The fraction of sp³-hybridized carbons (Fsp3) is 0.529. The highest BCUT2D eigenvalue weighted by atomic mass is 16.5. The molecule has 8 heteroatoms. The Labute approximate surface area is 145 Å². The molecule has 1 saturated heterocycles. The molecule has 134 valence electrons. The molecule has 0 spiro atoms. The first-order chi connectivity index (χ1) is 11.9. The smallest absolute Gasteiger partial charge is 0.306 e. The second-order valence-electron chi connectivity index (χ2n) is 6.57. The van der Waals surface area contributed by atoms with Crippen molar-refractivity contribution in [1.29, 1.82) is 0 Å². The lowest BCUT2D eigenvalue weighted by atomic mass is 10.1. The molecule has 3 rings (SSSR count). The van der Waals surface area contributed by atoms with Crippen molar-refractivity contribution in [2.45, 2.75) is 39.3 Å². The third-order valence-electron chi connectivity index (χ3n) is 4.24. The molecule has 2 aromatic rings. The monoisotopic (exact) mass is 346 g/mol. The van der Waals surface area contributed by atoms with Crippen molar-refractivity contribution in [3.8, 4) is 0 Å². The van der Waals surface area contributed by atoms with Gasteiger partial charge in [0.05, 0.1) is 36.3 Å². The van der Waals surface area contributed by atoms with E-state index >= 15 is 0 Å². The summed E-state index contributed by atoms with van der Waals surface area (Å²) in [5.41, 5.74) is 1.98. The Hall–Kier alpha value is -2.48. The van der Waals surface area contributed by atoms with Gasteiger partial charge >= 0.3 is 5.97 Å². The number of carbonyl (C=O) groups excluding carboxylic acids is 1. The topological polar surface area (TPSA) is 97.5 Å². The first kappa shape index (κ1) is 17.3. The Morgan fingerprint density at radius 1 is 1.44 bits per heavy atom. The highest BCUT2D eigenvalue weighted by Crippen LogP contribution is 2.23. The number of amides is 1. The van der Waals surface area contributed by atoms with Crippen molar-refractivity contribution in [2.75, 3.05) is 19.7 Å². The van der Waals surface area contributed by atoms with Gasteiger partial charge < -0.3 is 14.7 Å². The lowest BCUT2D eigenvalue weighted by Gasteiger charge is -2.32. The molecule has 1 fully saturated rings. The van der Waals surface area contributed by atoms with Gasteiger partial charge in [-0.3, -0.25) is 9.59 Å². The number of rotatable bonds is 4. The third-order valence-corrected chi connectivity index (χ3v) is 4.24. The van der Waals surface area contributed by atoms with Gasteiger partial charge in [-0.25, -0.2) is 9.67 Å². The van der Waals surface area contributed by atoms with Crippen LogP contribution in [0.15, 0.2) is 12.3 Å². The van der Waals surface area contributed by atoms with Gasteiger partial charge in [0.1, 0.15) is 0 Å². The van der Waals surface area contributed by atoms with Gasteiger partial charge in [-0.15, -0.1) is 0 Å². The van der Waals surface area contributed by atoms with Gasteiger partial charge in [0.15, 0.2) is 5.65 Å². The van der Waals surface area contributed by atoms with E-state index in [2.05, 4.69) is 10.1 Å². The lowest BCUT2D eigenvalue weighted by molar-refractivity contribution is -0.141. The zero-order chi connectivity index (χ0) is 18.1. The quantitative estimate of drug-likeness (QED) is 0.904. The summed E-state index contributed by atoms with van der Waals surface area (Å²) in [6.45, 7) is 6.91. The molecular formula is C17H22N4O4. The van der Waals surface area contributed by atoms with Crippen LogP contribution in [-0.4, -0.2) is 62.4 Å². The van der Waals surface area contributed by atoms with E-state index in [4.69, 9.17) is 9.84 Å². The Morgan fingerprint density at radius 2 is 2.20 bits per heavy atom. The highest BCUT2D eigenvalue weighted by Gasteiger charge is 2.28. The first-order valence-electron chi connectivity index (χ1n) is 8.34. The third kappa shape index (κ3) is 3.48. The second kappa shape index (κ2) is 6.79. The summed E-state index contributed by atoms with van der Waals surface area (Å²) in [5.74, 6) is -1.07. The maximum Gasteiger partial charge on any atom is 0.306 e. The number of carboxylic acid groups (broad SMARTS) is 1. The van der Waals surface area contributed by atoms with E-state index in [0.717, 1.165) is 5.69 Å². The number of hydrogen-bond donors (Lipinski definition) is 1. The number of morpholine rings is 1. The number of fused-ring (bicyclic) bond motifs is 1. The Balaban J connectivity index is 1.93. The number of pyridine rings is 1. The molecule has 1 unspecified atom stereocenters. The summed E-state index contributed by atoms with van der Waals surface area (Å²) in [7, 11) is 0. The number of nitrogens with zero attached hydrogens (tertiary/aromatic N) is 4. The minimum absolute atomic E-state index is 0.111. The number of hydrogen-bond acceptors (Lipinski definition) is 5. The van der Waals surface area contributed by atoms with Crippen LogP contribution in [0.25, 0.3) is 11.0 Å². The summed E-state index contributed by atoms with van der Waals surface area (Å²) >= 11 is 0. The number of aromatic nitrogens is 3. The predicted molar refractivity (Wildman–Crippen MR) is 90.5 cm³/mol. The largest absolute Gasteiger partial charge is 0.481 e. The van der Waals surface area contributed by atoms with E-state index in [9.17, 15) is 9.59 Å². The summed E-state index contributed by atoms with van der Waals surface area (Å²) in [4.78, 5) is 30.1. The Bertz CT molecular complexity index is 814. The van der Waals surface area contributed by atoms with Gasteiger partial charge in [-0.2, -0.15) is 5.10 Å². The average Bonchev–Trinajstić information content (AvgIpc) is 2.97.